The van der Waals surface area contributed by atoms with Crippen molar-refractivity contribution in [1.82, 2.24) is 0 Å². The molecule has 7 heteroatoms. The zero-order valence-electron chi connectivity index (χ0n) is 11.7. The van der Waals surface area contributed by atoms with Crippen molar-refractivity contribution in [1.29, 1.82) is 0 Å². The smallest absolute Gasteiger partial charge is 0.329 e. The highest BCUT2D eigenvalue weighted by molar-refractivity contribution is 5.67. The van der Waals surface area contributed by atoms with Gasteiger partial charge in [-0.3, -0.25) is 0 Å². The minimum atomic E-state index is -1.02. The van der Waals surface area contributed by atoms with Crippen LogP contribution in [-0.4, -0.2) is 76.1 Å². The summed E-state index contributed by atoms with van der Waals surface area (Å²) in [6.07, 6.45) is -1.50. The molecule has 19 heavy (non-hydrogen) atoms. The van der Waals surface area contributed by atoms with Crippen molar-refractivity contribution >= 4 is 5.97 Å². The van der Waals surface area contributed by atoms with Crippen LogP contribution in [-0.2, 0) is 28.5 Å². The quantitative estimate of drug-likeness (QED) is 0.697. The lowest BCUT2D eigenvalue weighted by atomic mass is 9.95. The molecule has 0 aromatic carbocycles. The fourth-order valence-corrected chi connectivity index (χ4v) is 2.37. The first-order chi connectivity index (χ1) is 9.04. The second-order valence-corrected chi connectivity index (χ2v) is 4.39. The van der Waals surface area contributed by atoms with Crippen molar-refractivity contribution in [3.8, 4) is 0 Å². The highest BCUT2D eigenvalue weighted by atomic mass is 16.6. The lowest BCUT2D eigenvalue weighted by Gasteiger charge is -2.43. The van der Waals surface area contributed by atoms with E-state index in [1.807, 2.05) is 6.92 Å². The molecule has 1 N–H and O–H groups in total. The summed E-state index contributed by atoms with van der Waals surface area (Å²) in [4.78, 5) is 10.4. The Bertz CT molecular complexity index is 283. The Morgan fingerprint density at radius 2 is 1.68 bits per heavy atom. The van der Waals surface area contributed by atoms with Crippen molar-refractivity contribution in [2.75, 3.05) is 34.5 Å². The number of hydrogen-bond acceptors (Lipinski definition) is 6. The van der Waals surface area contributed by atoms with E-state index in [1.165, 1.54) is 0 Å². The third-order valence-corrected chi connectivity index (χ3v) is 3.19. The van der Waals surface area contributed by atoms with E-state index in [0.29, 0.717) is 0 Å². The maximum Gasteiger partial charge on any atom is 0.329 e. The molecular formula is C12H22O7. The molecule has 5 unspecified atom stereocenters. The summed E-state index contributed by atoms with van der Waals surface area (Å²) >= 11 is 0. The predicted octanol–water partition coefficient (Wildman–Crippen LogP) is -0.0801. The van der Waals surface area contributed by atoms with E-state index in [-0.39, 0.29) is 37.6 Å². The molecule has 0 aliphatic carbocycles. The summed E-state index contributed by atoms with van der Waals surface area (Å²) in [7, 11) is 4.72. The van der Waals surface area contributed by atoms with Crippen molar-refractivity contribution in [2.24, 2.45) is 0 Å². The molecule has 1 heterocycles. The second-order valence-electron chi connectivity index (χ2n) is 4.39. The molecule has 0 amide bonds. The van der Waals surface area contributed by atoms with E-state index in [0.717, 1.165) is 0 Å². The molecule has 0 spiro atoms. The number of rotatable bonds is 7. The van der Waals surface area contributed by atoms with Crippen LogP contribution in [0.3, 0.4) is 0 Å². The summed E-state index contributed by atoms with van der Waals surface area (Å²) in [6, 6.07) is 0. The van der Waals surface area contributed by atoms with Gasteiger partial charge < -0.3 is 28.8 Å². The monoisotopic (exact) mass is 278 g/mol. The van der Waals surface area contributed by atoms with Crippen LogP contribution in [0.2, 0.25) is 0 Å². The fourth-order valence-electron chi connectivity index (χ4n) is 2.37. The minimum Gasteiger partial charge on any atom is -0.480 e. The van der Waals surface area contributed by atoms with Gasteiger partial charge >= 0.3 is 5.97 Å². The van der Waals surface area contributed by atoms with Gasteiger partial charge in [0.25, 0.3) is 0 Å². The van der Waals surface area contributed by atoms with E-state index in [1.54, 1.807) is 21.3 Å². The van der Waals surface area contributed by atoms with Gasteiger partial charge in [0.05, 0.1) is 12.7 Å². The number of carboxylic acids is 1. The normalized spacial score (nSPS) is 35.3. The van der Waals surface area contributed by atoms with Crippen LogP contribution in [0.25, 0.3) is 0 Å². The molecule has 1 aliphatic heterocycles. The molecule has 0 radical (unpaired) electrons. The van der Waals surface area contributed by atoms with E-state index < -0.39 is 12.1 Å². The summed E-state index contributed by atoms with van der Waals surface area (Å²) in [5, 5.41) is 8.55. The molecule has 1 saturated heterocycles. The maximum absolute atomic E-state index is 10.4. The average molecular weight is 278 g/mol. The van der Waals surface area contributed by atoms with Gasteiger partial charge in [0.1, 0.15) is 31.0 Å². The van der Waals surface area contributed by atoms with Gasteiger partial charge in [-0.05, 0) is 6.92 Å². The summed E-state index contributed by atoms with van der Waals surface area (Å²) in [5.41, 5.74) is 0. The van der Waals surface area contributed by atoms with Crippen LogP contribution in [0.15, 0.2) is 0 Å². The van der Waals surface area contributed by atoms with Gasteiger partial charge in [0.15, 0.2) is 0 Å². The summed E-state index contributed by atoms with van der Waals surface area (Å²) in [6.45, 7) is 1.64. The topological polar surface area (TPSA) is 83.5 Å². The lowest BCUT2D eigenvalue weighted by molar-refractivity contribution is -0.246. The first-order valence-electron chi connectivity index (χ1n) is 6.08. The molecule has 1 fully saturated rings. The highest BCUT2D eigenvalue weighted by Gasteiger charge is 2.45. The third kappa shape index (κ3) is 4.12. The average Bonchev–Trinajstić information content (AvgIpc) is 2.37. The van der Waals surface area contributed by atoms with Gasteiger partial charge in [-0.25, -0.2) is 4.79 Å². The molecule has 5 atom stereocenters. The number of aliphatic carboxylic acids is 1. The Hall–Kier alpha value is -0.730. The fraction of sp³-hybridized carbons (Fsp3) is 0.917. The zero-order chi connectivity index (χ0) is 14.4. The molecule has 1 aliphatic rings. The third-order valence-electron chi connectivity index (χ3n) is 3.19. The van der Waals surface area contributed by atoms with Crippen LogP contribution in [0.1, 0.15) is 6.92 Å². The summed E-state index contributed by atoms with van der Waals surface area (Å²) in [5.74, 6) is -1.02. The molecular weight excluding hydrogens is 256 g/mol. The predicted molar refractivity (Wildman–Crippen MR) is 65.2 cm³/mol. The number of ether oxygens (including phenoxy) is 5. The van der Waals surface area contributed by atoms with Gasteiger partial charge in [-0.2, -0.15) is 0 Å². The Morgan fingerprint density at radius 3 is 2.16 bits per heavy atom. The van der Waals surface area contributed by atoms with Crippen molar-refractivity contribution in [2.45, 2.75) is 37.4 Å². The van der Waals surface area contributed by atoms with E-state index in [2.05, 4.69) is 0 Å². The molecule has 0 aromatic rings. The molecule has 0 saturated carbocycles. The highest BCUT2D eigenvalue weighted by Crippen LogP contribution is 2.27. The van der Waals surface area contributed by atoms with Gasteiger partial charge in [0.2, 0.25) is 0 Å². The molecule has 0 bridgehead atoms. The molecule has 1 rings (SSSR count). The second kappa shape index (κ2) is 7.76. The van der Waals surface area contributed by atoms with Crippen LogP contribution in [0.5, 0.6) is 0 Å². The first kappa shape index (κ1) is 16.3. The molecule has 7 nitrogen and oxygen atoms in total. The molecule has 0 aromatic heterocycles. The SMILES string of the molecule is COC1C(C)OC(COCC(=O)O)C(OC)C1OC. The van der Waals surface area contributed by atoms with Crippen molar-refractivity contribution in [3.63, 3.8) is 0 Å². The maximum atomic E-state index is 10.4. The summed E-state index contributed by atoms with van der Waals surface area (Å²) < 4.78 is 27.0. The molecule has 112 valence electrons. The van der Waals surface area contributed by atoms with Gasteiger partial charge in [0, 0.05) is 21.3 Å². The lowest BCUT2D eigenvalue weighted by Crippen LogP contribution is -2.59. The van der Waals surface area contributed by atoms with Crippen LogP contribution in [0.4, 0.5) is 0 Å². The Balaban J connectivity index is 2.67. The van der Waals surface area contributed by atoms with Crippen molar-refractivity contribution < 1.29 is 33.6 Å². The zero-order valence-corrected chi connectivity index (χ0v) is 11.7. The van der Waals surface area contributed by atoms with E-state index in [9.17, 15) is 4.79 Å². The van der Waals surface area contributed by atoms with Crippen LogP contribution < -0.4 is 0 Å². The number of carboxylic acid groups (broad SMARTS) is 1. The van der Waals surface area contributed by atoms with Crippen molar-refractivity contribution in [3.05, 3.63) is 0 Å². The Labute approximate surface area is 112 Å². The van der Waals surface area contributed by atoms with E-state index >= 15 is 0 Å². The Kier molecular flexibility index (Phi) is 6.67. The number of methoxy groups -OCH3 is 3. The first-order valence-corrected chi connectivity index (χ1v) is 6.08. The van der Waals surface area contributed by atoms with Gasteiger partial charge in [-0.1, -0.05) is 0 Å². The number of carbonyl (C=O) groups is 1. The number of hydrogen-bond donors (Lipinski definition) is 1. The largest absolute Gasteiger partial charge is 0.480 e. The standard InChI is InChI=1S/C12H22O7/c1-7-10(15-2)12(17-4)11(16-3)8(19-7)5-18-6-9(13)14/h7-8,10-12H,5-6H2,1-4H3,(H,13,14). The van der Waals surface area contributed by atoms with Gasteiger partial charge in [-0.15, -0.1) is 0 Å². The minimum absolute atomic E-state index is 0.130. The van der Waals surface area contributed by atoms with E-state index in [4.69, 9.17) is 28.8 Å². The van der Waals surface area contributed by atoms with Crippen LogP contribution in [0, 0.1) is 0 Å². The Morgan fingerprint density at radius 1 is 1.11 bits per heavy atom. The van der Waals surface area contributed by atoms with Crippen LogP contribution >= 0.6 is 0 Å².